The van der Waals surface area contributed by atoms with Gasteiger partial charge in [0.2, 0.25) is 0 Å². The van der Waals surface area contributed by atoms with Crippen molar-refractivity contribution < 1.29 is 14.5 Å². The van der Waals surface area contributed by atoms with Crippen molar-refractivity contribution in [1.82, 2.24) is 4.57 Å². The third kappa shape index (κ3) is 2.63. The minimum Gasteiger partial charge on any atom is -0.468 e. The molecular weight excluding hydrogens is 204 g/mol. The predicted molar refractivity (Wildman–Crippen MR) is 49.4 cm³/mol. The molecule has 0 fully saturated rings. The van der Waals surface area contributed by atoms with Gasteiger partial charge in [-0.15, -0.1) is 0 Å². The first-order valence-electron chi connectivity index (χ1n) is 3.96. The summed E-state index contributed by atoms with van der Waals surface area (Å²) in [5.41, 5.74) is -1.26. The van der Waals surface area contributed by atoms with Crippen molar-refractivity contribution in [1.29, 1.82) is 0 Å². The first-order valence-corrected chi connectivity index (χ1v) is 3.96. The van der Waals surface area contributed by atoms with Crippen molar-refractivity contribution in [3.05, 3.63) is 38.8 Å². The number of esters is 1. The van der Waals surface area contributed by atoms with Crippen LogP contribution in [-0.4, -0.2) is 22.6 Å². The lowest BCUT2D eigenvalue weighted by Crippen LogP contribution is -2.15. The standard InChI is InChI=1S/C8H8N2O5/c1-15-8(12)5-9-3-2-7(11)6(4-9)10(13)14/h2-4H,5H2,1H3. The Balaban J connectivity index is 3.03. The summed E-state index contributed by atoms with van der Waals surface area (Å²) in [4.78, 5) is 31.5. The van der Waals surface area contributed by atoms with Gasteiger partial charge in [0.1, 0.15) is 6.54 Å². The third-order valence-electron chi connectivity index (χ3n) is 1.69. The molecule has 1 rings (SSSR count). The van der Waals surface area contributed by atoms with Gasteiger partial charge in [0.25, 0.3) is 5.43 Å². The van der Waals surface area contributed by atoms with E-state index in [9.17, 15) is 19.7 Å². The van der Waals surface area contributed by atoms with Gasteiger partial charge in [-0.1, -0.05) is 0 Å². The summed E-state index contributed by atoms with van der Waals surface area (Å²) in [5.74, 6) is -0.548. The Hall–Kier alpha value is -2.18. The lowest BCUT2D eigenvalue weighted by atomic mass is 10.4. The van der Waals surface area contributed by atoms with Gasteiger partial charge < -0.3 is 9.30 Å². The van der Waals surface area contributed by atoms with Crippen LogP contribution in [0.3, 0.4) is 0 Å². The molecule has 0 radical (unpaired) electrons. The molecule has 0 aliphatic rings. The molecule has 1 heterocycles. The Morgan fingerprint density at radius 3 is 2.87 bits per heavy atom. The van der Waals surface area contributed by atoms with Crippen LogP contribution in [0.4, 0.5) is 5.69 Å². The van der Waals surface area contributed by atoms with Gasteiger partial charge in [-0.2, -0.15) is 0 Å². The number of hydrogen-bond donors (Lipinski definition) is 0. The number of nitro groups is 1. The lowest BCUT2D eigenvalue weighted by molar-refractivity contribution is -0.386. The molecule has 15 heavy (non-hydrogen) atoms. The van der Waals surface area contributed by atoms with Gasteiger partial charge in [0.15, 0.2) is 0 Å². The summed E-state index contributed by atoms with van der Waals surface area (Å²) in [6.07, 6.45) is 2.28. The van der Waals surface area contributed by atoms with Crippen LogP contribution >= 0.6 is 0 Å². The van der Waals surface area contributed by atoms with E-state index < -0.39 is 22.0 Å². The summed E-state index contributed by atoms with van der Waals surface area (Å²) >= 11 is 0. The van der Waals surface area contributed by atoms with E-state index in [2.05, 4.69) is 4.74 Å². The normalized spacial score (nSPS) is 9.67. The Kier molecular flexibility index (Phi) is 3.17. The molecule has 0 saturated carbocycles. The monoisotopic (exact) mass is 212 g/mol. The fraction of sp³-hybridized carbons (Fsp3) is 0.250. The Labute approximate surface area is 84.0 Å². The van der Waals surface area contributed by atoms with E-state index in [1.165, 1.54) is 17.9 Å². The molecule has 80 valence electrons. The number of carbonyl (C=O) groups is 1. The molecule has 0 amide bonds. The Morgan fingerprint density at radius 2 is 2.33 bits per heavy atom. The molecular formula is C8H8N2O5. The average molecular weight is 212 g/mol. The highest BCUT2D eigenvalue weighted by molar-refractivity contribution is 5.69. The van der Waals surface area contributed by atoms with E-state index in [0.717, 1.165) is 12.3 Å². The van der Waals surface area contributed by atoms with Crippen LogP contribution in [0.5, 0.6) is 0 Å². The largest absolute Gasteiger partial charge is 0.468 e. The fourth-order valence-corrected chi connectivity index (χ4v) is 0.962. The molecule has 1 aromatic heterocycles. The van der Waals surface area contributed by atoms with E-state index in [0.29, 0.717) is 0 Å². The van der Waals surface area contributed by atoms with Crippen LogP contribution in [0, 0.1) is 10.1 Å². The highest BCUT2D eigenvalue weighted by Crippen LogP contribution is 2.02. The summed E-state index contributed by atoms with van der Waals surface area (Å²) in [6, 6.07) is 1.03. The number of methoxy groups -OCH3 is 1. The second kappa shape index (κ2) is 4.36. The summed E-state index contributed by atoms with van der Waals surface area (Å²) in [5, 5.41) is 10.4. The van der Waals surface area contributed by atoms with Crippen LogP contribution in [0.1, 0.15) is 0 Å². The summed E-state index contributed by atoms with van der Waals surface area (Å²) in [6.45, 7) is -0.169. The molecule has 0 spiro atoms. The Bertz CT molecular complexity index is 451. The topological polar surface area (TPSA) is 91.4 Å². The van der Waals surface area contributed by atoms with Crippen molar-refractivity contribution >= 4 is 11.7 Å². The van der Waals surface area contributed by atoms with Crippen molar-refractivity contribution in [2.75, 3.05) is 7.11 Å². The maximum Gasteiger partial charge on any atom is 0.332 e. The minimum absolute atomic E-state index is 0.169. The van der Waals surface area contributed by atoms with E-state index in [-0.39, 0.29) is 6.54 Å². The van der Waals surface area contributed by atoms with Crippen LogP contribution in [0.2, 0.25) is 0 Å². The number of rotatable bonds is 3. The molecule has 0 N–H and O–H groups in total. The molecule has 0 saturated heterocycles. The summed E-state index contributed by atoms with van der Waals surface area (Å²) in [7, 11) is 1.21. The molecule has 0 atom stereocenters. The van der Waals surface area contributed by atoms with E-state index >= 15 is 0 Å². The van der Waals surface area contributed by atoms with Gasteiger partial charge in [-0.05, 0) is 0 Å². The van der Waals surface area contributed by atoms with E-state index in [1.807, 2.05) is 0 Å². The number of carbonyl (C=O) groups excluding carboxylic acids is 1. The van der Waals surface area contributed by atoms with Crippen molar-refractivity contribution in [2.45, 2.75) is 6.54 Å². The molecule has 7 nitrogen and oxygen atoms in total. The van der Waals surface area contributed by atoms with Gasteiger partial charge in [0.05, 0.1) is 18.2 Å². The maximum absolute atomic E-state index is 11.0. The minimum atomic E-state index is -0.796. The SMILES string of the molecule is COC(=O)Cn1ccc(=O)c([N+](=O)[O-])c1. The predicted octanol–water partition coefficient (Wildman–Crippen LogP) is -0.0705. The highest BCUT2D eigenvalue weighted by atomic mass is 16.6. The first-order chi connectivity index (χ1) is 7.04. The molecule has 0 aliphatic heterocycles. The molecule has 0 bridgehead atoms. The molecule has 0 unspecified atom stereocenters. The Morgan fingerprint density at radius 1 is 1.67 bits per heavy atom. The van der Waals surface area contributed by atoms with Crippen molar-refractivity contribution in [3.8, 4) is 0 Å². The van der Waals surface area contributed by atoms with Crippen LogP contribution in [0.25, 0.3) is 0 Å². The zero-order chi connectivity index (χ0) is 11.4. The quantitative estimate of drug-likeness (QED) is 0.397. The maximum atomic E-state index is 11.0. The van der Waals surface area contributed by atoms with E-state index in [1.54, 1.807) is 0 Å². The number of ether oxygens (including phenoxy) is 1. The van der Waals surface area contributed by atoms with Gasteiger partial charge >= 0.3 is 11.7 Å². The van der Waals surface area contributed by atoms with Gasteiger partial charge in [-0.25, -0.2) is 0 Å². The molecule has 7 heteroatoms. The lowest BCUT2D eigenvalue weighted by Gasteiger charge is -2.03. The third-order valence-corrected chi connectivity index (χ3v) is 1.69. The van der Waals surface area contributed by atoms with Crippen molar-refractivity contribution in [3.63, 3.8) is 0 Å². The zero-order valence-electron chi connectivity index (χ0n) is 7.87. The van der Waals surface area contributed by atoms with Crippen molar-refractivity contribution in [2.24, 2.45) is 0 Å². The number of pyridine rings is 1. The first kappa shape index (κ1) is 10.9. The van der Waals surface area contributed by atoms with Crippen LogP contribution < -0.4 is 5.43 Å². The van der Waals surface area contributed by atoms with E-state index in [4.69, 9.17) is 0 Å². The second-order valence-corrected chi connectivity index (χ2v) is 2.70. The molecule has 1 aromatic rings. The number of aromatic nitrogens is 1. The smallest absolute Gasteiger partial charge is 0.332 e. The molecule has 0 aliphatic carbocycles. The van der Waals surface area contributed by atoms with Gasteiger partial charge in [0, 0.05) is 12.3 Å². The summed E-state index contributed by atoms with van der Waals surface area (Å²) < 4.78 is 5.59. The highest BCUT2D eigenvalue weighted by Gasteiger charge is 2.12. The number of nitrogens with zero attached hydrogens (tertiary/aromatic N) is 2. The molecule has 0 aromatic carbocycles. The average Bonchev–Trinajstić information content (AvgIpc) is 2.20. The number of hydrogen-bond acceptors (Lipinski definition) is 5. The van der Waals surface area contributed by atoms with Gasteiger partial charge in [-0.3, -0.25) is 19.7 Å². The van der Waals surface area contributed by atoms with Crippen LogP contribution in [-0.2, 0) is 16.1 Å². The fourth-order valence-electron chi connectivity index (χ4n) is 0.962. The zero-order valence-corrected chi connectivity index (χ0v) is 7.87. The second-order valence-electron chi connectivity index (χ2n) is 2.70. The van der Waals surface area contributed by atoms with Crippen LogP contribution in [0.15, 0.2) is 23.3 Å².